The van der Waals surface area contributed by atoms with Crippen molar-refractivity contribution in [3.8, 4) is 11.5 Å². The summed E-state index contributed by atoms with van der Waals surface area (Å²) >= 11 is 0. The van der Waals surface area contributed by atoms with E-state index in [-0.39, 0.29) is 30.2 Å². The monoisotopic (exact) mass is 490 g/mol. The van der Waals surface area contributed by atoms with Crippen LogP contribution >= 0.6 is 0 Å². The Kier molecular flexibility index (Phi) is 7.24. The topological polar surface area (TPSA) is 133 Å². The minimum Gasteiger partial charge on any atom is -0.493 e. The van der Waals surface area contributed by atoms with Crippen LogP contribution in [0.15, 0.2) is 81.1 Å². The highest BCUT2D eigenvalue weighted by Crippen LogP contribution is 2.28. The number of hydrogen-bond acceptors (Lipinski definition) is 7. The number of carbonyl (C=O) groups is 1. The van der Waals surface area contributed by atoms with Gasteiger partial charge in [-0.25, -0.2) is 4.79 Å². The molecule has 2 aromatic heterocycles. The zero-order chi connectivity index (χ0) is 25.7. The average Bonchev–Trinajstić information content (AvgIpc) is 3.43. The van der Waals surface area contributed by atoms with Gasteiger partial charge < -0.3 is 24.5 Å². The number of ether oxygens (including phenoxy) is 2. The molecule has 36 heavy (non-hydrogen) atoms. The highest BCUT2D eigenvalue weighted by Gasteiger charge is 2.26. The van der Waals surface area contributed by atoms with Gasteiger partial charge in [0, 0.05) is 6.54 Å². The molecule has 2 aromatic carbocycles. The molecule has 0 aliphatic carbocycles. The lowest BCUT2D eigenvalue weighted by molar-refractivity contribution is 0.0986. The van der Waals surface area contributed by atoms with Crippen LogP contribution < -0.4 is 31.4 Å². The largest absolute Gasteiger partial charge is 0.493 e. The number of amides is 1. The fraction of sp³-hybridized carbons (Fsp3) is 0.192. The fourth-order valence-corrected chi connectivity index (χ4v) is 3.90. The van der Waals surface area contributed by atoms with Crippen molar-refractivity contribution in [1.29, 1.82) is 0 Å². The highest BCUT2D eigenvalue weighted by atomic mass is 16.5. The van der Waals surface area contributed by atoms with Crippen molar-refractivity contribution in [2.24, 2.45) is 0 Å². The van der Waals surface area contributed by atoms with Crippen LogP contribution in [0, 0.1) is 0 Å². The predicted molar refractivity (Wildman–Crippen MR) is 135 cm³/mol. The Morgan fingerprint density at radius 2 is 1.78 bits per heavy atom. The van der Waals surface area contributed by atoms with Crippen LogP contribution in [-0.4, -0.2) is 36.2 Å². The van der Waals surface area contributed by atoms with E-state index < -0.39 is 17.2 Å². The molecule has 2 heterocycles. The number of nitrogens with one attached hydrogen (secondary N) is 1. The maximum absolute atomic E-state index is 13.4. The van der Waals surface area contributed by atoms with Crippen molar-refractivity contribution in [2.75, 3.05) is 31.4 Å². The van der Waals surface area contributed by atoms with Gasteiger partial charge in [0.25, 0.3) is 11.5 Å². The quantitative estimate of drug-likeness (QED) is 0.369. The number of aromatic amines is 1. The summed E-state index contributed by atoms with van der Waals surface area (Å²) in [7, 11) is 3.08. The second-order valence-electron chi connectivity index (χ2n) is 7.97. The van der Waals surface area contributed by atoms with Crippen LogP contribution in [-0.2, 0) is 13.0 Å². The van der Waals surface area contributed by atoms with Crippen LogP contribution in [0.5, 0.6) is 11.5 Å². The number of hydrogen-bond donors (Lipinski definition) is 2. The number of methoxy groups -OCH3 is 2. The van der Waals surface area contributed by atoms with E-state index in [4.69, 9.17) is 19.6 Å². The summed E-state index contributed by atoms with van der Waals surface area (Å²) in [6.45, 7) is 0.217. The lowest BCUT2D eigenvalue weighted by Crippen LogP contribution is -2.42. The van der Waals surface area contributed by atoms with Crippen LogP contribution in [0.4, 0.5) is 11.5 Å². The third-order valence-electron chi connectivity index (χ3n) is 5.75. The first-order valence-corrected chi connectivity index (χ1v) is 11.1. The number of nitrogen functional groups attached to an aromatic ring is 1. The van der Waals surface area contributed by atoms with Crippen molar-refractivity contribution in [1.82, 2.24) is 9.55 Å². The van der Waals surface area contributed by atoms with Gasteiger partial charge in [0.05, 0.1) is 32.6 Å². The summed E-state index contributed by atoms with van der Waals surface area (Å²) in [5.74, 6) is 0.501. The molecule has 1 amide bonds. The number of furan rings is 1. The normalized spacial score (nSPS) is 10.7. The molecule has 0 saturated heterocycles. The summed E-state index contributed by atoms with van der Waals surface area (Å²) in [6, 6.07) is 16.1. The van der Waals surface area contributed by atoms with Gasteiger partial charge in [0.1, 0.15) is 12.1 Å². The number of nitrogens with two attached hydrogens (primary N) is 1. The molecule has 0 spiro atoms. The fourth-order valence-electron chi connectivity index (χ4n) is 3.90. The first kappa shape index (κ1) is 24.4. The number of rotatable bonds is 9. The van der Waals surface area contributed by atoms with Crippen LogP contribution in [0.3, 0.4) is 0 Å². The smallest absolute Gasteiger partial charge is 0.330 e. The lowest BCUT2D eigenvalue weighted by Gasteiger charge is -2.24. The van der Waals surface area contributed by atoms with Gasteiger partial charge in [-0.1, -0.05) is 36.4 Å². The zero-order valence-electron chi connectivity index (χ0n) is 19.9. The standard InChI is InChI=1S/C26H26N4O6/c1-34-20-9-8-17(14-21(20)35-2)10-12-29(25(32)19-11-13-36-16-19)22-23(27)30(26(33)28-24(22)31)15-18-6-4-3-5-7-18/h3-9,11,13-14,16H,10,12,15,27H2,1-2H3,(H,28,31,33). The maximum Gasteiger partial charge on any atom is 0.330 e. The number of nitrogens with zero attached hydrogens (tertiary/aromatic N) is 2. The van der Waals surface area contributed by atoms with E-state index in [2.05, 4.69) is 4.98 Å². The molecule has 0 atom stereocenters. The second-order valence-corrected chi connectivity index (χ2v) is 7.97. The van der Waals surface area contributed by atoms with Gasteiger partial charge >= 0.3 is 5.69 Å². The van der Waals surface area contributed by atoms with Crippen molar-refractivity contribution >= 4 is 17.4 Å². The van der Waals surface area contributed by atoms with Crippen LogP contribution in [0.2, 0.25) is 0 Å². The van der Waals surface area contributed by atoms with E-state index in [0.29, 0.717) is 17.9 Å². The third-order valence-corrected chi connectivity index (χ3v) is 5.75. The Bertz CT molecular complexity index is 1460. The molecule has 0 aliphatic rings. The van der Waals surface area contributed by atoms with Crippen LogP contribution in [0.25, 0.3) is 0 Å². The minimum absolute atomic E-state index is 0.0936. The number of H-pyrrole nitrogens is 1. The molecule has 0 unspecified atom stereocenters. The third kappa shape index (κ3) is 5.02. The summed E-state index contributed by atoms with van der Waals surface area (Å²) in [4.78, 5) is 42.6. The molecule has 4 rings (SSSR count). The highest BCUT2D eigenvalue weighted by molar-refractivity contribution is 6.07. The Morgan fingerprint density at radius 1 is 1.03 bits per heavy atom. The van der Waals surface area contributed by atoms with Crippen molar-refractivity contribution in [3.63, 3.8) is 0 Å². The molecular formula is C26H26N4O6. The second kappa shape index (κ2) is 10.7. The molecule has 186 valence electrons. The maximum atomic E-state index is 13.4. The number of benzene rings is 2. The van der Waals surface area contributed by atoms with Crippen molar-refractivity contribution in [2.45, 2.75) is 13.0 Å². The van der Waals surface area contributed by atoms with Crippen molar-refractivity contribution in [3.05, 3.63) is 105 Å². The Morgan fingerprint density at radius 3 is 2.44 bits per heavy atom. The molecule has 0 aliphatic heterocycles. The van der Waals surface area contributed by atoms with Gasteiger partial charge in [-0.3, -0.25) is 19.1 Å². The van der Waals surface area contributed by atoms with Gasteiger partial charge in [-0.05, 0) is 35.7 Å². The SMILES string of the molecule is COc1ccc(CCN(C(=O)c2ccoc2)c2c(N)n(Cc3ccccc3)c(=O)[nH]c2=O)cc1OC. The molecule has 0 bridgehead atoms. The predicted octanol–water partition coefficient (Wildman–Crippen LogP) is 2.67. The van der Waals surface area contributed by atoms with E-state index in [1.54, 1.807) is 19.2 Å². The number of carbonyl (C=O) groups excluding carboxylic acids is 1. The number of aromatic nitrogens is 2. The molecule has 3 N–H and O–H groups in total. The van der Waals surface area contributed by atoms with Gasteiger partial charge in [0.2, 0.25) is 0 Å². The molecular weight excluding hydrogens is 464 g/mol. The summed E-state index contributed by atoms with van der Waals surface area (Å²) in [6.07, 6.45) is 3.01. The van der Waals surface area contributed by atoms with E-state index in [1.165, 1.54) is 35.2 Å². The van der Waals surface area contributed by atoms with E-state index >= 15 is 0 Å². The summed E-state index contributed by atoms with van der Waals surface area (Å²) in [5, 5.41) is 0. The Hall–Kier alpha value is -4.73. The molecule has 10 nitrogen and oxygen atoms in total. The van der Waals surface area contributed by atoms with E-state index in [1.807, 2.05) is 36.4 Å². The molecule has 10 heteroatoms. The first-order chi connectivity index (χ1) is 17.4. The zero-order valence-corrected chi connectivity index (χ0v) is 19.9. The van der Waals surface area contributed by atoms with Crippen LogP contribution in [0.1, 0.15) is 21.5 Å². The summed E-state index contributed by atoms with van der Waals surface area (Å²) in [5.41, 5.74) is 6.71. The van der Waals surface area contributed by atoms with Gasteiger partial charge in [0.15, 0.2) is 17.2 Å². The minimum atomic E-state index is -0.758. The first-order valence-electron chi connectivity index (χ1n) is 11.1. The molecule has 0 fully saturated rings. The molecule has 4 aromatic rings. The van der Waals surface area contributed by atoms with Gasteiger partial charge in [-0.2, -0.15) is 0 Å². The van der Waals surface area contributed by atoms with E-state index in [0.717, 1.165) is 11.1 Å². The Labute approximate surface area is 206 Å². The summed E-state index contributed by atoms with van der Waals surface area (Å²) < 4.78 is 17.0. The average molecular weight is 491 g/mol. The molecule has 0 radical (unpaired) electrons. The van der Waals surface area contributed by atoms with Gasteiger partial charge in [-0.15, -0.1) is 0 Å². The number of anilines is 2. The molecule has 0 saturated carbocycles. The van der Waals surface area contributed by atoms with E-state index in [9.17, 15) is 14.4 Å². The van der Waals surface area contributed by atoms with Crippen molar-refractivity contribution < 1.29 is 18.7 Å². The lowest BCUT2D eigenvalue weighted by atomic mass is 10.1. The Balaban J connectivity index is 1.74.